The van der Waals surface area contributed by atoms with Crippen LogP contribution in [-0.4, -0.2) is 32.7 Å². The Kier molecular flexibility index (Phi) is 3.42. The SMILES string of the molecule is O=C(O)c1nnn(-c2ccc(Cl)cc2)c1C1CCCO1. The van der Waals surface area contributed by atoms with Gasteiger partial charge in [0, 0.05) is 11.6 Å². The van der Waals surface area contributed by atoms with Gasteiger partial charge in [0.25, 0.3) is 0 Å². The minimum atomic E-state index is -1.10. The van der Waals surface area contributed by atoms with Crippen molar-refractivity contribution in [3.8, 4) is 5.69 Å². The number of carboxylic acids is 1. The number of nitrogens with zero attached hydrogens (tertiary/aromatic N) is 3. The number of ether oxygens (including phenoxy) is 1. The number of carbonyl (C=O) groups is 1. The Morgan fingerprint density at radius 3 is 2.75 bits per heavy atom. The van der Waals surface area contributed by atoms with Crippen LogP contribution in [0.2, 0.25) is 5.02 Å². The van der Waals surface area contributed by atoms with Crippen molar-refractivity contribution in [2.75, 3.05) is 6.61 Å². The molecule has 7 heteroatoms. The van der Waals surface area contributed by atoms with Gasteiger partial charge in [-0.25, -0.2) is 9.48 Å². The van der Waals surface area contributed by atoms with Crippen molar-refractivity contribution in [1.82, 2.24) is 15.0 Å². The average Bonchev–Trinajstić information content (AvgIpc) is 3.08. The third-order valence-corrected chi connectivity index (χ3v) is 3.47. The second-order valence-corrected chi connectivity index (χ2v) is 4.95. The maximum Gasteiger partial charge on any atom is 0.358 e. The predicted octanol–water partition coefficient (Wildman–Crippen LogP) is 2.47. The van der Waals surface area contributed by atoms with Crippen molar-refractivity contribution in [2.45, 2.75) is 18.9 Å². The Labute approximate surface area is 119 Å². The number of hydrogen-bond donors (Lipinski definition) is 1. The zero-order valence-electron chi connectivity index (χ0n) is 10.5. The number of aromatic carboxylic acids is 1. The Balaban J connectivity index is 2.10. The molecule has 0 radical (unpaired) electrons. The van der Waals surface area contributed by atoms with E-state index in [4.69, 9.17) is 16.3 Å². The van der Waals surface area contributed by atoms with Gasteiger partial charge in [0.15, 0.2) is 5.69 Å². The second kappa shape index (κ2) is 5.22. The molecular formula is C13H12ClN3O3. The Hall–Kier alpha value is -1.92. The van der Waals surface area contributed by atoms with E-state index >= 15 is 0 Å². The van der Waals surface area contributed by atoms with Gasteiger partial charge in [0.1, 0.15) is 11.8 Å². The molecule has 1 aliphatic rings. The van der Waals surface area contributed by atoms with Gasteiger partial charge in [-0.1, -0.05) is 16.8 Å². The van der Waals surface area contributed by atoms with E-state index in [9.17, 15) is 9.90 Å². The maximum absolute atomic E-state index is 11.3. The van der Waals surface area contributed by atoms with Crippen molar-refractivity contribution in [1.29, 1.82) is 0 Å². The largest absolute Gasteiger partial charge is 0.476 e. The van der Waals surface area contributed by atoms with Crippen LogP contribution in [0.5, 0.6) is 0 Å². The van der Waals surface area contributed by atoms with E-state index in [1.165, 1.54) is 4.68 Å². The monoisotopic (exact) mass is 293 g/mol. The highest BCUT2D eigenvalue weighted by atomic mass is 35.5. The lowest BCUT2D eigenvalue weighted by Crippen LogP contribution is -2.11. The van der Waals surface area contributed by atoms with Crippen LogP contribution in [-0.2, 0) is 4.74 Å². The summed E-state index contributed by atoms with van der Waals surface area (Å²) in [7, 11) is 0. The van der Waals surface area contributed by atoms with Crippen molar-refractivity contribution >= 4 is 17.6 Å². The molecule has 1 saturated heterocycles. The van der Waals surface area contributed by atoms with E-state index < -0.39 is 5.97 Å². The van der Waals surface area contributed by atoms with Crippen LogP contribution in [0.4, 0.5) is 0 Å². The van der Waals surface area contributed by atoms with Crippen LogP contribution >= 0.6 is 11.6 Å². The number of hydrogen-bond acceptors (Lipinski definition) is 4. The molecule has 0 amide bonds. The van der Waals surface area contributed by atoms with Crippen molar-refractivity contribution in [3.05, 3.63) is 40.7 Å². The molecular weight excluding hydrogens is 282 g/mol. The zero-order valence-corrected chi connectivity index (χ0v) is 11.2. The Morgan fingerprint density at radius 1 is 1.40 bits per heavy atom. The summed E-state index contributed by atoms with van der Waals surface area (Å²) in [6.45, 7) is 0.621. The maximum atomic E-state index is 11.3. The van der Waals surface area contributed by atoms with Crippen LogP contribution < -0.4 is 0 Å². The van der Waals surface area contributed by atoms with E-state index in [1.807, 2.05) is 0 Å². The molecule has 1 atom stereocenters. The van der Waals surface area contributed by atoms with Crippen molar-refractivity contribution in [2.24, 2.45) is 0 Å². The van der Waals surface area contributed by atoms with Gasteiger partial charge in [-0.05, 0) is 37.1 Å². The topological polar surface area (TPSA) is 77.2 Å². The summed E-state index contributed by atoms with van der Waals surface area (Å²) in [5.41, 5.74) is 1.13. The molecule has 1 aromatic carbocycles. The van der Waals surface area contributed by atoms with Gasteiger partial charge in [-0.15, -0.1) is 5.10 Å². The van der Waals surface area contributed by atoms with Crippen LogP contribution in [0.3, 0.4) is 0 Å². The molecule has 104 valence electrons. The molecule has 1 aromatic heterocycles. The predicted molar refractivity (Wildman–Crippen MR) is 71.3 cm³/mol. The summed E-state index contributed by atoms with van der Waals surface area (Å²) < 4.78 is 7.09. The second-order valence-electron chi connectivity index (χ2n) is 4.52. The molecule has 2 aromatic rings. The van der Waals surface area contributed by atoms with Crippen molar-refractivity contribution < 1.29 is 14.6 Å². The van der Waals surface area contributed by atoms with E-state index in [0.717, 1.165) is 12.8 Å². The fourth-order valence-corrected chi connectivity index (χ4v) is 2.42. The van der Waals surface area contributed by atoms with E-state index in [0.29, 0.717) is 23.0 Å². The fraction of sp³-hybridized carbons (Fsp3) is 0.308. The number of carboxylic acid groups (broad SMARTS) is 1. The molecule has 1 aliphatic heterocycles. The molecule has 20 heavy (non-hydrogen) atoms. The minimum Gasteiger partial charge on any atom is -0.476 e. The highest BCUT2D eigenvalue weighted by molar-refractivity contribution is 6.30. The summed E-state index contributed by atoms with van der Waals surface area (Å²) in [6, 6.07) is 6.97. The first kappa shape index (κ1) is 13.1. The van der Waals surface area contributed by atoms with Gasteiger partial charge < -0.3 is 9.84 Å². The van der Waals surface area contributed by atoms with Crippen LogP contribution in [0.15, 0.2) is 24.3 Å². The number of aromatic nitrogens is 3. The molecule has 3 rings (SSSR count). The minimum absolute atomic E-state index is 0.0631. The molecule has 1 fully saturated rings. The fourth-order valence-electron chi connectivity index (χ4n) is 2.30. The van der Waals surface area contributed by atoms with E-state index in [2.05, 4.69) is 10.3 Å². The highest BCUT2D eigenvalue weighted by Gasteiger charge is 2.30. The van der Waals surface area contributed by atoms with E-state index in [-0.39, 0.29) is 11.8 Å². The van der Waals surface area contributed by atoms with Gasteiger partial charge >= 0.3 is 5.97 Å². The smallest absolute Gasteiger partial charge is 0.358 e. The first-order chi connectivity index (χ1) is 9.66. The van der Waals surface area contributed by atoms with Crippen LogP contribution in [0.1, 0.15) is 35.1 Å². The van der Waals surface area contributed by atoms with Gasteiger partial charge in [-0.3, -0.25) is 0 Å². The molecule has 1 N–H and O–H groups in total. The summed E-state index contributed by atoms with van der Waals surface area (Å²) in [5, 5.41) is 17.5. The lowest BCUT2D eigenvalue weighted by atomic mass is 10.1. The third-order valence-electron chi connectivity index (χ3n) is 3.21. The number of halogens is 1. The third kappa shape index (κ3) is 2.28. The van der Waals surface area contributed by atoms with Gasteiger partial charge in [-0.2, -0.15) is 0 Å². The molecule has 0 spiro atoms. The van der Waals surface area contributed by atoms with Crippen LogP contribution in [0.25, 0.3) is 5.69 Å². The summed E-state index contributed by atoms with van der Waals surface area (Å²) in [6.07, 6.45) is 1.38. The molecule has 2 heterocycles. The average molecular weight is 294 g/mol. The highest BCUT2D eigenvalue weighted by Crippen LogP contribution is 2.31. The number of benzene rings is 1. The normalized spacial score (nSPS) is 18.4. The summed E-state index contributed by atoms with van der Waals surface area (Å²) in [4.78, 5) is 11.3. The molecule has 1 unspecified atom stereocenters. The van der Waals surface area contributed by atoms with E-state index in [1.54, 1.807) is 24.3 Å². The Bertz CT molecular complexity index is 633. The first-order valence-electron chi connectivity index (χ1n) is 6.23. The molecule has 0 saturated carbocycles. The van der Waals surface area contributed by atoms with Crippen molar-refractivity contribution in [3.63, 3.8) is 0 Å². The molecule has 0 aliphatic carbocycles. The van der Waals surface area contributed by atoms with Crippen LogP contribution in [0, 0.1) is 0 Å². The summed E-state index contributed by atoms with van der Waals surface area (Å²) >= 11 is 5.86. The zero-order chi connectivity index (χ0) is 14.1. The standard InChI is InChI=1S/C13H12ClN3O3/c14-8-3-5-9(6-4-8)17-12(10-2-1-7-20-10)11(13(18)19)15-16-17/h3-6,10H,1-2,7H2,(H,18,19). The van der Waals surface area contributed by atoms with Gasteiger partial charge in [0.2, 0.25) is 0 Å². The lowest BCUT2D eigenvalue weighted by molar-refractivity contribution is 0.0673. The lowest BCUT2D eigenvalue weighted by Gasteiger charge is -2.12. The quantitative estimate of drug-likeness (QED) is 0.940. The Morgan fingerprint density at radius 2 is 2.15 bits per heavy atom. The first-order valence-corrected chi connectivity index (χ1v) is 6.61. The molecule has 6 nitrogen and oxygen atoms in total. The number of rotatable bonds is 3. The van der Waals surface area contributed by atoms with Gasteiger partial charge in [0.05, 0.1) is 5.69 Å². The molecule has 0 bridgehead atoms. The summed E-state index contributed by atoms with van der Waals surface area (Å²) in [5.74, 6) is -1.10.